The van der Waals surface area contributed by atoms with Gasteiger partial charge in [-0.2, -0.15) is 0 Å². The molecule has 1 aliphatic heterocycles. The van der Waals surface area contributed by atoms with Gasteiger partial charge in [0.25, 0.3) is 0 Å². The molecule has 2 bridgehead atoms. The fourth-order valence-corrected chi connectivity index (χ4v) is 10.8. The molecule has 2 amide bonds. The molecule has 15 heteroatoms. The molecular formula is C45H54N2O13. The Morgan fingerprint density at radius 1 is 0.933 bits per heavy atom. The fraction of sp³-hybridized carbons (Fsp3) is 0.556. The SMILES string of the molecule is CC(=O)O[C@H]1C(=O)[C@]23C[C@H]2C[C@H]2OC[C@@]2(OC(C)=O)C3[C@H](OC(=O)c2ccccc2)C2[C@@H](O)C(OC(=O)[C@H](O)[C@@H](NC(=O)NC(C)(C)C)c3ccccc3)=C(C)C1C2(C)C. The van der Waals surface area contributed by atoms with Gasteiger partial charge in [-0.3, -0.25) is 14.4 Å². The predicted molar refractivity (Wildman–Crippen MR) is 211 cm³/mol. The number of carbonyl (C=O) groups excluding carboxylic acids is 6. The highest BCUT2D eigenvalue weighted by Gasteiger charge is 2.83. The number of aliphatic hydroxyl groups is 2. The number of benzene rings is 2. The summed E-state index contributed by atoms with van der Waals surface area (Å²) in [5, 5.41) is 29.9. The molecule has 3 unspecified atom stereocenters. The lowest BCUT2D eigenvalue weighted by Crippen LogP contribution is -2.76. The van der Waals surface area contributed by atoms with Crippen LogP contribution in [-0.4, -0.2) is 94.2 Å². The van der Waals surface area contributed by atoms with Crippen molar-refractivity contribution in [3.63, 3.8) is 0 Å². The zero-order chi connectivity index (χ0) is 43.7. The lowest BCUT2D eigenvalue weighted by atomic mass is 9.48. The number of urea groups is 1. The predicted octanol–water partition coefficient (Wildman–Crippen LogP) is 4.10. The Balaban J connectivity index is 1.37. The first kappa shape index (κ1) is 43.0. The summed E-state index contributed by atoms with van der Waals surface area (Å²) in [7, 11) is 0. The number of ether oxygens (including phenoxy) is 5. The second kappa shape index (κ2) is 15.4. The van der Waals surface area contributed by atoms with E-state index in [-0.39, 0.29) is 29.4 Å². The van der Waals surface area contributed by atoms with E-state index in [0.29, 0.717) is 18.4 Å². The molecular weight excluding hydrogens is 776 g/mol. The molecule has 1 saturated heterocycles. The summed E-state index contributed by atoms with van der Waals surface area (Å²) in [5.74, 6) is -7.96. The molecule has 322 valence electrons. The number of carbonyl (C=O) groups is 6. The van der Waals surface area contributed by atoms with Crippen LogP contribution in [0.2, 0.25) is 0 Å². The van der Waals surface area contributed by atoms with Crippen LogP contribution >= 0.6 is 0 Å². The highest BCUT2D eigenvalue weighted by molar-refractivity contribution is 5.95. The Morgan fingerprint density at radius 3 is 2.13 bits per heavy atom. The van der Waals surface area contributed by atoms with Crippen LogP contribution in [0.25, 0.3) is 0 Å². The van der Waals surface area contributed by atoms with Crippen molar-refractivity contribution in [1.29, 1.82) is 0 Å². The molecule has 4 N–H and O–H groups in total. The zero-order valence-corrected chi connectivity index (χ0v) is 35.1. The first-order valence-electron chi connectivity index (χ1n) is 20.3. The van der Waals surface area contributed by atoms with Crippen molar-refractivity contribution in [2.45, 2.75) is 116 Å². The monoisotopic (exact) mass is 830 g/mol. The van der Waals surface area contributed by atoms with Crippen LogP contribution in [0.15, 0.2) is 72.0 Å². The number of nitrogens with one attached hydrogen (secondary N) is 2. The molecule has 4 aliphatic carbocycles. The standard InChI is InChI=1S/C45H54N2O13/c1-22-29-36(57-23(2)48)38(52)44-20-27(44)19-28-45(21-56-28,60-24(3)49)37(44)35(59-39(53)26-17-13-10-14-18-26)30(43(29,7)8)32(50)34(22)58-40(54)33(51)31(25-15-11-9-12-16-25)46-41(55)47-42(4,5)6/h9-18,27-33,35-37,50-51H,19-21H2,1-8H3,(H2,46,47,55)/t27-,28-,29?,30?,31+,32-,33-,35-,36-,37?,44-,45+/m1/s1. The van der Waals surface area contributed by atoms with Gasteiger partial charge >= 0.3 is 29.9 Å². The molecule has 0 aromatic heterocycles. The van der Waals surface area contributed by atoms with E-state index < -0.39 is 112 Å². The minimum absolute atomic E-state index is 0.131. The van der Waals surface area contributed by atoms with Crippen molar-refractivity contribution < 1.29 is 62.7 Å². The van der Waals surface area contributed by atoms with E-state index in [2.05, 4.69) is 10.6 Å². The van der Waals surface area contributed by atoms with E-state index in [0.717, 1.165) is 0 Å². The Morgan fingerprint density at radius 2 is 1.57 bits per heavy atom. The molecule has 0 radical (unpaired) electrons. The average Bonchev–Trinajstić information content (AvgIpc) is 3.89. The normalized spacial score (nSPS) is 33.3. The molecule has 1 heterocycles. The summed E-state index contributed by atoms with van der Waals surface area (Å²) < 4.78 is 30.7. The third kappa shape index (κ3) is 7.27. The van der Waals surface area contributed by atoms with Crippen molar-refractivity contribution in [2.24, 2.45) is 34.5 Å². The van der Waals surface area contributed by atoms with Gasteiger partial charge < -0.3 is 44.5 Å². The second-order valence-corrected chi connectivity index (χ2v) is 18.6. The number of amides is 2. The zero-order valence-electron chi connectivity index (χ0n) is 35.1. The first-order chi connectivity index (χ1) is 28.1. The van der Waals surface area contributed by atoms with Gasteiger partial charge in [-0.1, -0.05) is 62.4 Å². The summed E-state index contributed by atoms with van der Waals surface area (Å²) >= 11 is 0. The van der Waals surface area contributed by atoms with Crippen LogP contribution in [0.4, 0.5) is 4.79 Å². The second-order valence-electron chi connectivity index (χ2n) is 18.6. The van der Waals surface area contributed by atoms with E-state index in [1.807, 2.05) is 0 Å². The average molecular weight is 831 g/mol. The number of Topliss-reactive ketones (excluding diaryl/α,β-unsaturated/α-hetero) is 1. The highest BCUT2D eigenvalue weighted by atomic mass is 16.6. The largest absolute Gasteiger partial charge is 0.458 e. The van der Waals surface area contributed by atoms with E-state index in [4.69, 9.17) is 23.7 Å². The van der Waals surface area contributed by atoms with Gasteiger partial charge in [0.15, 0.2) is 23.6 Å². The number of rotatable bonds is 9. The maximum absolute atomic E-state index is 15.5. The summed E-state index contributed by atoms with van der Waals surface area (Å²) in [5.41, 5.74) is -4.00. The number of esters is 4. The number of ketones is 1. The maximum Gasteiger partial charge on any atom is 0.342 e. The van der Waals surface area contributed by atoms with E-state index in [1.54, 1.807) is 102 Å². The van der Waals surface area contributed by atoms with Crippen molar-refractivity contribution in [1.82, 2.24) is 10.6 Å². The van der Waals surface area contributed by atoms with Crippen molar-refractivity contribution in [3.05, 3.63) is 83.1 Å². The molecule has 5 aliphatic rings. The lowest BCUT2D eigenvalue weighted by Gasteiger charge is -2.63. The molecule has 2 aromatic carbocycles. The maximum atomic E-state index is 15.5. The van der Waals surface area contributed by atoms with E-state index in [9.17, 15) is 34.2 Å². The van der Waals surface area contributed by atoms with Gasteiger partial charge in [0.05, 0.1) is 24.1 Å². The van der Waals surface area contributed by atoms with Gasteiger partial charge in [-0.15, -0.1) is 0 Å². The quantitative estimate of drug-likeness (QED) is 0.207. The Hall–Kier alpha value is -5.12. The van der Waals surface area contributed by atoms with E-state index in [1.165, 1.54) is 13.8 Å². The van der Waals surface area contributed by atoms with Gasteiger partial charge in [0.2, 0.25) is 0 Å². The van der Waals surface area contributed by atoms with Crippen LogP contribution in [0.1, 0.15) is 90.2 Å². The Bertz CT molecular complexity index is 2100. The third-order valence-electron chi connectivity index (χ3n) is 13.2. The summed E-state index contributed by atoms with van der Waals surface area (Å²) in [4.78, 5) is 83.0. The number of aliphatic hydroxyl groups excluding tert-OH is 2. The molecule has 4 fully saturated rings. The lowest BCUT2D eigenvalue weighted by molar-refractivity contribution is -0.315. The van der Waals surface area contributed by atoms with Crippen molar-refractivity contribution >= 4 is 35.7 Å². The summed E-state index contributed by atoms with van der Waals surface area (Å²) in [6, 6.07) is 14.5. The molecule has 15 nitrogen and oxygen atoms in total. The van der Waals surface area contributed by atoms with Gasteiger partial charge in [-0.05, 0) is 75.1 Å². The van der Waals surface area contributed by atoms with Crippen LogP contribution in [0.5, 0.6) is 0 Å². The molecule has 7 rings (SSSR count). The van der Waals surface area contributed by atoms with Crippen molar-refractivity contribution in [2.75, 3.05) is 6.61 Å². The highest BCUT2D eigenvalue weighted by Crippen LogP contribution is 2.74. The topological polar surface area (TPSA) is 213 Å². The smallest absolute Gasteiger partial charge is 0.342 e. The van der Waals surface area contributed by atoms with E-state index >= 15 is 4.79 Å². The molecule has 2 aromatic rings. The molecule has 60 heavy (non-hydrogen) atoms. The first-order valence-corrected chi connectivity index (χ1v) is 20.3. The van der Waals surface area contributed by atoms with Crippen LogP contribution in [0, 0.1) is 34.5 Å². The summed E-state index contributed by atoms with van der Waals surface area (Å²) in [6.45, 7) is 12.6. The number of hydrogen-bond donors (Lipinski definition) is 4. The number of fused-ring (bicyclic) bond motifs is 4. The minimum atomic E-state index is -2.03. The van der Waals surface area contributed by atoms with Gasteiger partial charge in [0, 0.05) is 36.6 Å². The van der Waals surface area contributed by atoms with Gasteiger partial charge in [-0.25, -0.2) is 14.4 Å². The minimum Gasteiger partial charge on any atom is -0.458 e. The van der Waals surface area contributed by atoms with Crippen LogP contribution < -0.4 is 10.6 Å². The molecule has 12 atom stereocenters. The number of hydrogen-bond acceptors (Lipinski definition) is 13. The molecule has 1 spiro atoms. The van der Waals surface area contributed by atoms with Crippen molar-refractivity contribution in [3.8, 4) is 0 Å². The van der Waals surface area contributed by atoms with Crippen LogP contribution in [-0.2, 0) is 42.9 Å². The fourth-order valence-electron chi connectivity index (χ4n) is 10.8. The third-order valence-corrected chi connectivity index (χ3v) is 13.2. The summed E-state index contributed by atoms with van der Waals surface area (Å²) in [6.07, 6.45) is -6.66. The van der Waals surface area contributed by atoms with Crippen LogP contribution in [0.3, 0.4) is 0 Å². The molecule has 3 saturated carbocycles. The Labute approximate surface area is 348 Å². The van der Waals surface area contributed by atoms with Gasteiger partial charge in [0.1, 0.15) is 24.1 Å². The Kier molecular flexibility index (Phi) is 11.0.